The molecule has 7 heteroatoms. The number of hydrogen-bond acceptors (Lipinski definition) is 3. The molecular weight excluding hydrogens is 328 g/mol. The van der Waals surface area contributed by atoms with Crippen LogP contribution in [0.15, 0.2) is 47.7 Å². The summed E-state index contributed by atoms with van der Waals surface area (Å²) in [6.45, 7) is 2.54. The van der Waals surface area contributed by atoms with E-state index in [1.807, 2.05) is 24.2 Å². The third-order valence-electron chi connectivity index (χ3n) is 4.50. The minimum Gasteiger partial charge on any atom is -0.356 e. The summed E-state index contributed by atoms with van der Waals surface area (Å²) in [6, 6.07) is 10.5. The molecule has 1 aliphatic rings. The molecule has 1 amide bonds. The van der Waals surface area contributed by atoms with Crippen molar-refractivity contribution in [1.29, 1.82) is 0 Å². The molecule has 0 spiro atoms. The van der Waals surface area contributed by atoms with E-state index in [1.165, 1.54) is 5.56 Å². The van der Waals surface area contributed by atoms with Gasteiger partial charge in [-0.1, -0.05) is 30.3 Å². The predicted octanol–water partition coefficient (Wildman–Crippen LogP) is 1.28. The lowest BCUT2D eigenvalue weighted by atomic mass is 10.1. The second kappa shape index (κ2) is 8.51. The van der Waals surface area contributed by atoms with Crippen LogP contribution in [-0.2, 0) is 18.3 Å². The molecule has 2 aromatic rings. The maximum atomic E-state index is 12.5. The maximum absolute atomic E-state index is 12.5. The first-order valence-electron chi connectivity index (χ1n) is 8.96. The number of aromatic nitrogens is 2. The van der Waals surface area contributed by atoms with Crippen molar-refractivity contribution in [2.24, 2.45) is 12.0 Å². The van der Waals surface area contributed by atoms with E-state index in [0.29, 0.717) is 13.1 Å². The number of rotatable bonds is 5. The topological polar surface area (TPSA) is 65.8 Å². The van der Waals surface area contributed by atoms with E-state index in [4.69, 9.17) is 0 Å². The van der Waals surface area contributed by atoms with Crippen molar-refractivity contribution < 1.29 is 4.79 Å². The molecule has 1 aromatic carbocycles. The molecule has 1 saturated heterocycles. The number of piperazine rings is 1. The van der Waals surface area contributed by atoms with Crippen LogP contribution < -0.4 is 10.2 Å². The monoisotopic (exact) mass is 354 g/mol. The normalized spacial score (nSPS) is 15.5. The molecule has 3 rings (SSSR count). The fourth-order valence-electron chi connectivity index (χ4n) is 3.14. The molecule has 0 unspecified atom stereocenters. The molecule has 1 fully saturated rings. The maximum Gasteiger partial charge on any atom is 0.246 e. The van der Waals surface area contributed by atoms with E-state index in [9.17, 15) is 4.79 Å². The molecule has 0 saturated carbocycles. The Morgan fingerprint density at radius 3 is 2.73 bits per heavy atom. The number of nitrogens with zero attached hydrogens (tertiary/aromatic N) is 5. The average Bonchev–Trinajstić information content (AvgIpc) is 3.08. The van der Waals surface area contributed by atoms with Crippen LogP contribution in [0, 0.1) is 0 Å². The largest absolute Gasteiger partial charge is 0.356 e. The van der Waals surface area contributed by atoms with Crippen molar-refractivity contribution in [3.63, 3.8) is 0 Å². The minimum atomic E-state index is 0.0662. The van der Waals surface area contributed by atoms with Crippen LogP contribution in [-0.4, -0.2) is 59.8 Å². The average molecular weight is 354 g/mol. The number of aryl methyl sites for hydroxylation is 2. The molecule has 0 atom stereocenters. The van der Waals surface area contributed by atoms with Gasteiger partial charge < -0.3 is 15.1 Å². The lowest BCUT2D eigenvalue weighted by Crippen LogP contribution is -2.55. The van der Waals surface area contributed by atoms with E-state index < -0.39 is 0 Å². The number of nitrogens with one attached hydrogen (secondary N) is 1. The predicted molar refractivity (Wildman–Crippen MR) is 103 cm³/mol. The smallest absolute Gasteiger partial charge is 0.246 e. The number of anilines is 1. The zero-order valence-corrected chi connectivity index (χ0v) is 15.4. The molecule has 0 aliphatic carbocycles. The fraction of sp³-hybridized carbons (Fsp3) is 0.421. The van der Waals surface area contributed by atoms with Gasteiger partial charge in [-0.3, -0.25) is 14.5 Å². The molecule has 26 heavy (non-hydrogen) atoms. The summed E-state index contributed by atoms with van der Waals surface area (Å²) < 4.78 is 1.71. The lowest BCUT2D eigenvalue weighted by Gasteiger charge is -2.35. The van der Waals surface area contributed by atoms with Gasteiger partial charge in [-0.15, -0.1) is 0 Å². The Bertz CT molecular complexity index is 754. The molecule has 2 heterocycles. The van der Waals surface area contributed by atoms with Gasteiger partial charge in [-0.05, 0) is 18.4 Å². The van der Waals surface area contributed by atoms with Crippen LogP contribution in [0.3, 0.4) is 0 Å². The Kier molecular flexibility index (Phi) is 5.88. The number of carbonyl (C=O) groups is 1. The summed E-state index contributed by atoms with van der Waals surface area (Å²) in [5, 5.41) is 7.52. The highest BCUT2D eigenvalue weighted by Gasteiger charge is 2.27. The van der Waals surface area contributed by atoms with E-state index in [2.05, 4.69) is 39.7 Å². The van der Waals surface area contributed by atoms with Crippen LogP contribution in [0.5, 0.6) is 0 Å². The van der Waals surface area contributed by atoms with E-state index in [1.54, 1.807) is 22.8 Å². The number of amides is 1. The number of carbonyl (C=O) groups excluding carboxylic acids is 1. The zero-order valence-electron chi connectivity index (χ0n) is 15.4. The molecule has 0 radical (unpaired) electrons. The van der Waals surface area contributed by atoms with Crippen molar-refractivity contribution in [2.75, 3.05) is 38.1 Å². The minimum absolute atomic E-state index is 0.0662. The van der Waals surface area contributed by atoms with Gasteiger partial charge in [0, 0.05) is 39.9 Å². The van der Waals surface area contributed by atoms with E-state index in [0.717, 1.165) is 37.6 Å². The Morgan fingerprint density at radius 2 is 2.08 bits per heavy atom. The van der Waals surface area contributed by atoms with Crippen molar-refractivity contribution in [3.05, 3.63) is 48.3 Å². The Labute approximate surface area is 154 Å². The summed E-state index contributed by atoms with van der Waals surface area (Å²) in [4.78, 5) is 20.6. The quantitative estimate of drug-likeness (QED) is 0.499. The first-order valence-corrected chi connectivity index (χ1v) is 8.96. The van der Waals surface area contributed by atoms with Gasteiger partial charge in [0.15, 0.2) is 5.96 Å². The van der Waals surface area contributed by atoms with E-state index >= 15 is 0 Å². The summed E-state index contributed by atoms with van der Waals surface area (Å²) in [6.07, 6.45) is 5.64. The van der Waals surface area contributed by atoms with Crippen LogP contribution in [0.4, 0.5) is 5.69 Å². The zero-order chi connectivity index (χ0) is 18.4. The first kappa shape index (κ1) is 18.0. The first-order chi connectivity index (χ1) is 12.7. The van der Waals surface area contributed by atoms with Gasteiger partial charge in [0.2, 0.25) is 5.91 Å². The summed E-state index contributed by atoms with van der Waals surface area (Å²) in [5.74, 6) is 0.855. The van der Waals surface area contributed by atoms with Gasteiger partial charge in [0.25, 0.3) is 0 Å². The Balaban J connectivity index is 1.48. The Morgan fingerprint density at radius 1 is 1.27 bits per heavy atom. The van der Waals surface area contributed by atoms with Gasteiger partial charge in [0.05, 0.1) is 11.9 Å². The SMILES string of the molecule is CN=C(NCCCc1ccccc1)N1CCN(c2cnn(C)c2)C(=O)C1. The number of hydrogen-bond donors (Lipinski definition) is 1. The molecule has 1 aromatic heterocycles. The summed E-state index contributed by atoms with van der Waals surface area (Å²) in [7, 11) is 3.61. The summed E-state index contributed by atoms with van der Waals surface area (Å²) in [5.41, 5.74) is 2.19. The van der Waals surface area contributed by atoms with Crippen LogP contribution in [0.1, 0.15) is 12.0 Å². The third-order valence-corrected chi connectivity index (χ3v) is 4.50. The third kappa shape index (κ3) is 4.41. The highest BCUT2D eigenvalue weighted by atomic mass is 16.2. The lowest BCUT2D eigenvalue weighted by molar-refractivity contribution is -0.120. The number of guanidine groups is 1. The number of aliphatic imine (C=N–C) groups is 1. The molecule has 138 valence electrons. The van der Waals surface area contributed by atoms with Gasteiger partial charge in [-0.2, -0.15) is 5.10 Å². The van der Waals surface area contributed by atoms with Crippen molar-refractivity contribution >= 4 is 17.6 Å². The van der Waals surface area contributed by atoms with E-state index in [-0.39, 0.29) is 5.91 Å². The molecule has 1 N–H and O–H groups in total. The van der Waals surface area contributed by atoms with Crippen molar-refractivity contribution in [2.45, 2.75) is 12.8 Å². The second-order valence-corrected chi connectivity index (χ2v) is 6.40. The van der Waals surface area contributed by atoms with Crippen LogP contribution in [0.2, 0.25) is 0 Å². The molecule has 1 aliphatic heterocycles. The molecule has 7 nitrogen and oxygen atoms in total. The van der Waals surface area contributed by atoms with Crippen molar-refractivity contribution in [3.8, 4) is 0 Å². The molecular formula is C19H26N6O. The fourth-order valence-corrected chi connectivity index (χ4v) is 3.14. The second-order valence-electron chi connectivity index (χ2n) is 6.40. The Hall–Kier alpha value is -2.83. The summed E-state index contributed by atoms with van der Waals surface area (Å²) >= 11 is 0. The van der Waals surface area contributed by atoms with Gasteiger partial charge in [-0.25, -0.2) is 0 Å². The highest BCUT2D eigenvalue weighted by Crippen LogP contribution is 2.16. The molecule has 0 bridgehead atoms. The van der Waals surface area contributed by atoms with Gasteiger partial charge in [0.1, 0.15) is 6.54 Å². The van der Waals surface area contributed by atoms with Crippen LogP contribution >= 0.6 is 0 Å². The van der Waals surface area contributed by atoms with Crippen LogP contribution in [0.25, 0.3) is 0 Å². The van der Waals surface area contributed by atoms with Crippen molar-refractivity contribution in [1.82, 2.24) is 20.0 Å². The standard InChI is InChI=1S/C19H26N6O/c1-20-19(21-10-6-9-16-7-4-3-5-8-16)24-11-12-25(18(26)15-24)17-13-22-23(2)14-17/h3-5,7-8,13-14H,6,9-12,15H2,1-2H3,(H,20,21). The highest BCUT2D eigenvalue weighted by molar-refractivity contribution is 5.98. The number of benzene rings is 1. The van der Waals surface area contributed by atoms with Gasteiger partial charge >= 0.3 is 0 Å².